The van der Waals surface area contributed by atoms with Crippen molar-refractivity contribution in [3.63, 3.8) is 0 Å². The fourth-order valence-electron chi connectivity index (χ4n) is 3.49. The quantitative estimate of drug-likeness (QED) is 0.681. The van der Waals surface area contributed by atoms with Gasteiger partial charge in [-0.1, -0.05) is 13.8 Å². The molecule has 1 saturated heterocycles. The van der Waals surface area contributed by atoms with Crippen LogP contribution in [0.25, 0.3) is 0 Å². The van der Waals surface area contributed by atoms with Gasteiger partial charge in [0, 0.05) is 11.3 Å². The second kappa shape index (κ2) is 7.28. The van der Waals surface area contributed by atoms with E-state index in [1.807, 2.05) is 0 Å². The smallest absolute Gasteiger partial charge is 0.150 e. The number of hydrogen-bond acceptors (Lipinski definition) is 3. The third-order valence-corrected chi connectivity index (χ3v) is 5.47. The molecule has 1 aliphatic heterocycles. The summed E-state index contributed by atoms with van der Waals surface area (Å²) in [4.78, 5) is 12.5. The molecule has 0 spiro atoms. The molecule has 3 heteroatoms. The lowest BCUT2D eigenvalue weighted by molar-refractivity contribution is 0.0959. The van der Waals surface area contributed by atoms with E-state index in [9.17, 15) is 4.79 Å². The number of carbonyl (C=O) groups is 1. The first-order valence-electron chi connectivity index (χ1n) is 8.42. The van der Waals surface area contributed by atoms with E-state index < -0.39 is 0 Å². The summed E-state index contributed by atoms with van der Waals surface area (Å²) in [5.74, 6) is 2.05. The van der Waals surface area contributed by atoms with Crippen LogP contribution in [-0.2, 0) is 0 Å². The first kappa shape index (κ1) is 17.0. The van der Waals surface area contributed by atoms with Crippen LogP contribution in [-0.4, -0.2) is 31.3 Å². The van der Waals surface area contributed by atoms with E-state index in [0.29, 0.717) is 16.7 Å². The molecule has 1 aromatic carbocycles. The summed E-state index contributed by atoms with van der Waals surface area (Å²) in [5.41, 5.74) is 7.34. The lowest BCUT2D eigenvalue weighted by atomic mass is 9.70. The predicted octanol–water partition coefficient (Wildman–Crippen LogP) is 3.85. The molecule has 122 valence electrons. The molecule has 3 rings (SSSR count). The van der Waals surface area contributed by atoms with Gasteiger partial charge in [0.15, 0.2) is 0 Å². The zero-order valence-corrected chi connectivity index (χ0v) is 14.2. The van der Waals surface area contributed by atoms with Gasteiger partial charge < -0.3 is 10.6 Å². The maximum absolute atomic E-state index is 10.1. The van der Waals surface area contributed by atoms with Crippen molar-refractivity contribution in [3.8, 4) is 0 Å². The highest BCUT2D eigenvalue weighted by Gasteiger charge is 2.43. The van der Waals surface area contributed by atoms with E-state index in [-0.39, 0.29) is 0 Å². The number of nitrogens with zero attached hydrogens (tertiary/aromatic N) is 1. The third-order valence-electron chi connectivity index (χ3n) is 5.47. The molecular weight excluding hydrogens is 272 g/mol. The van der Waals surface area contributed by atoms with Crippen molar-refractivity contribution in [2.24, 2.45) is 17.3 Å². The number of rotatable bonds is 3. The molecule has 0 radical (unpaired) electrons. The molecule has 1 aromatic rings. The molecule has 22 heavy (non-hydrogen) atoms. The Balaban J connectivity index is 0.000000172. The van der Waals surface area contributed by atoms with Crippen LogP contribution >= 0.6 is 0 Å². The monoisotopic (exact) mass is 302 g/mol. The second-order valence-corrected chi connectivity index (χ2v) is 7.46. The lowest BCUT2D eigenvalue weighted by Crippen LogP contribution is -2.37. The summed E-state index contributed by atoms with van der Waals surface area (Å²) in [7, 11) is 2.25. The molecule has 0 unspecified atom stereocenters. The highest BCUT2D eigenvalue weighted by molar-refractivity contribution is 5.75. The van der Waals surface area contributed by atoms with Crippen LogP contribution in [0.3, 0.4) is 0 Å². The summed E-state index contributed by atoms with van der Waals surface area (Å²) in [6, 6.07) is 6.76. The SMILES string of the molecule is CN1CCC(C(C)(C)C2CC2)CC1.Nc1ccc(C=O)cc1. The van der Waals surface area contributed by atoms with Gasteiger partial charge in [0.2, 0.25) is 0 Å². The van der Waals surface area contributed by atoms with Gasteiger partial charge in [-0.25, -0.2) is 0 Å². The number of nitrogens with two attached hydrogens (primary N) is 1. The number of hydrogen-bond donors (Lipinski definition) is 1. The van der Waals surface area contributed by atoms with E-state index in [1.165, 1.54) is 38.8 Å². The molecule has 2 fully saturated rings. The van der Waals surface area contributed by atoms with Crippen molar-refractivity contribution in [1.29, 1.82) is 0 Å². The number of aldehydes is 1. The molecule has 1 saturated carbocycles. The Bertz CT molecular complexity index is 469. The zero-order valence-electron chi connectivity index (χ0n) is 14.2. The lowest BCUT2D eigenvalue weighted by Gasteiger charge is -2.40. The van der Waals surface area contributed by atoms with Crippen molar-refractivity contribution in [2.75, 3.05) is 25.9 Å². The van der Waals surface area contributed by atoms with Gasteiger partial charge in [-0.15, -0.1) is 0 Å². The molecule has 2 aliphatic rings. The van der Waals surface area contributed by atoms with Crippen molar-refractivity contribution in [2.45, 2.75) is 39.5 Å². The highest BCUT2D eigenvalue weighted by Crippen LogP contribution is 2.51. The molecule has 1 aliphatic carbocycles. The predicted molar refractivity (Wildman–Crippen MR) is 93.0 cm³/mol. The van der Waals surface area contributed by atoms with Crippen LogP contribution in [0, 0.1) is 17.3 Å². The molecule has 0 amide bonds. The van der Waals surface area contributed by atoms with E-state index in [1.54, 1.807) is 24.3 Å². The molecule has 3 nitrogen and oxygen atoms in total. The van der Waals surface area contributed by atoms with Crippen molar-refractivity contribution >= 4 is 12.0 Å². The van der Waals surface area contributed by atoms with Gasteiger partial charge in [-0.05, 0) is 87.3 Å². The average Bonchev–Trinajstić information content (AvgIpc) is 3.34. The molecule has 0 aromatic heterocycles. The number of likely N-dealkylation sites (tertiary alicyclic amines) is 1. The Labute approximate surface area is 134 Å². The summed E-state index contributed by atoms with van der Waals surface area (Å²) >= 11 is 0. The Morgan fingerprint density at radius 2 is 1.55 bits per heavy atom. The fraction of sp³-hybridized carbons (Fsp3) is 0.632. The normalized spacial score (nSPS) is 20.1. The summed E-state index contributed by atoms with van der Waals surface area (Å²) in [6.07, 6.45) is 6.65. The number of anilines is 1. The summed E-state index contributed by atoms with van der Waals surface area (Å²) < 4.78 is 0. The fourth-order valence-corrected chi connectivity index (χ4v) is 3.49. The van der Waals surface area contributed by atoms with E-state index in [0.717, 1.165) is 18.1 Å². The van der Waals surface area contributed by atoms with Crippen LogP contribution < -0.4 is 5.73 Å². The highest BCUT2D eigenvalue weighted by atomic mass is 16.1. The van der Waals surface area contributed by atoms with Gasteiger partial charge in [0.05, 0.1) is 0 Å². The van der Waals surface area contributed by atoms with Gasteiger partial charge in [0.25, 0.3) is 0 Å². The Morgan fingerprint density at radius 3 is 2.00 bits per heavy atom. The van der Waals surface area contributed by atoms with Gasteiger partial charge in [-0.3, -0.25) is 4.79 Å². The van der Waals surface area contributed by atoms with E-state index >= 15 is 0 Å². The van der Waals surface area contributed by atoms with Crippen LogP contribution in [0.2, 0.25) is 0 Å². The molecule has 0 atom stereocenters. The number of benzene rings is 1. The summed E-state index contributed by atoms with van der Waals surface area (Å²) in [6.45, 7) is 7.64. The topological polar surface area (TPSA) is 46.3 Å². The minimum absolute atomic E-state index is 0.640. The first-order valence-corrected chi connectivity index (χ1v) is 8.42. The van der Waals surface area contributed by atoms with Gasteiger partial charge >= 0.3 is 0 Å². The average molecular weight is 302 g/mol. The van der Waals surface area contributed by atoms with Gasteiger partial charge in [0.1, 0.15) is 6.29 Å². The Kier molecular flexibility index (Phi) is 5.63. The largest absolute Gasteiger partial charge is 0.399 e. The molecule has 1 heterocycles. The van der Waals surface area contributed by atoms with Crippen LogP contribution in [0.15, 0.2) is 24.3 Å². The standard InChI is InChI=1S/C12H23N.C7H7NO/c1-12(2,10-4-5-10)11-6-8-13(3)9-7-11;8-7-3-1-6(5-9)2-4-7/h10-11H,4-9H2,1-3H3;1-5H,8H2. The minimum Gasteiger partial charge on any atom is -0.399 e. The van der Waals surface area contributed by atoms with Crippen LogP contribution in [0.1, 0.15) is 49.9 Å². The molecular formula is C19H30N2O. The van der Waals surface area contributed by atoms with Crippen molar-refractivity contribution in [3.05, 3.63) is 29.8 Å². The first-order chi connectivity index (χ1) is 10.4. The zero-order chi connectivity index (χ0) is 16.2. The number of piperidine rings is 1. The summed E-state index contributed by atoms with van der Waals surface area (Å²) in [5, 5.41) is 0. The van der Waals surface area contributed by atoms with E-state index in [2.05, 4.69) is 25.8 Å². The number of carbonyl (C=O) groups excluding carboxylic acids is 1. The maximum Gasteiger partial charge on any atom is 0.150 e. The second-order valence-electron chi connectivity index (χ2n) is 7.46. The van der Waals surface area contributed by atoms with Crippen LogP contribution in [0.5, 0.6) is 0 Å². The van der Waals surface area contributed by atoms with E-state index in [4.69, 9.17) is 5.73 Å². The van der Waals surface area contributed by atoms with Crippen molar-refractivity contribution in [1.82, 2.24) is 4.90 Å². The minimum atomic E-state index is 0.640. The Morgan fingerprint density at radius 1 is 1.05 bits per heavy atom. The third kappa shape index (κ3) is 4.57. The molecule has 2 N–H and O–H groups in total. The van der Waals surface area contributed by atoms with Crippen molar-refractivity contribution < 1.29 is 4.79 Å². The number of nitrogen functional groups attached to an aromatic ring is 1. The van der Waals surface area contributed by atoms with Gasteiger partial charge in [-0.2, -0.15) is 0 Å². The Hall–Kier alpha value is -1.35. The molecule has 0 bridgehead atoms. The van der Waals surface area contributed by atoms with Crippen LogP contribution in [0.4, 0.5) is 5.69 Å². The maximum atomic E-state index is 10.1.